The molecule has 0 radical (unpaired) electrons. The quantitative estimate of drug-likeness (QED) is 0.146. The molecule has 272 valence electrons. The Kier molecular flexibility index (Phi) is 9.77. The second-order valence-electron chi connectivity index (χ2n) is 15.1. The van der Waals surface area contributed by atoms with Gasteiger partial charge in [0.15, 0.2) is 0 Å². The summed E-state index contributed by atoms with van der Waals surface area (Å²) in [6, 6.07) is 77.9. The molecule has 0 aliphatic carbocycles. The first-order valence-corrected chi connectivity index (χ1v) is 19.8. The monoisotopic (exact) mass is 728 g/mol. The zero-order valence-electron chi connectivity index (χ0n) is 32.7. The van der Waals surface area contributed by atoms with Crippen LogP contribution in [0.3, 0.4) is 0 Å². The molecule has 0 saturated heterocycles. The van der Waals surface area contributed by atoms with E-state index in [-0.39, 0.29) is 0 Å². The van der Waals surface area contributed by atoms with Gasteiger partial charge in [0.25, 0.3) is 0 Å². The largest absolute Gasteiger partial charge is 0.0622 e. The predicted molar refractivity (Wildman–Crippen MR) is 244 cm³/mol. The van der Waals surface area contributed by atoms with E-state index in [1.807, 2.05) is 0 Å². The van der Waals surface area contributed by atoms with E-state index in [1.54, 1.807) is 0 Å². The molecule has 0 aliphatic heterocycles. The van der Waals surface area contributed by atoms with Crippen LogP contribution in [0, 0.1) is 20.8 Å². The third kappa shape index (κ3) is 7.15. The number of rotatable bonds is 8. The van der Waals surface area contributed by atoms with Crippen molar-refractivity contribution in [1.29, 1.82) is 0 Å². The van der Waals surface area contributed by atoms with Crippen molar-refractivity contribution in [2.45, 2.75) is 20.8 Å². The van der Waals surface area contributed by atoms with Crippen molar-refractivity contribution in [3.8, 4) is 89.0 Å². The van der Waals surface area contributed by atoms with Crippen molar-refractivity contribution in [2.24, 2.45) is 0 Å². The minimum Gasteiger partial charge on any atom is -0.0622 e. The van der Waals surface area contributed by atoms with E-state index >= 15 is 0 Å². The van der Waals surface area contributed by atoms with Gasteiger partial charge in [-0.2, -0.15) is 0 Å². The zero-order valence-corrected chi connectivity index (χ0v) is 32.7. The highest BCUT2D eigenvalue weighted by Gasteiger charge is 2.22. The molecule has 0 unspecified atom stereocenters. The van der Waals surface area contributed by atoms with Crippen LogP contribution in [0.4, 0.5) is 0 Å². The first-order chi connectivity index (χ1) is 28.0. The minimum absolute atomic E-state index is 1.18. The molecule has 0 atom stereocenters. The summed E-state index contributed by atoms with van der Waals surface area (Å²) in [6.07, 6.45) is 0. The molecule has 57 heavy (non-hydrogen) atoms. The number of hydrogen-bond donors (Lipinski definition) is 0. The fourth-order valence-corrected chi connectivity index (χ4v) is 8.34. The molecule has 0 heteroatoms. The highest BCUT2D eigenvalue weighted by atomic mass is 14.3. The van der Waals surface area contributed by atoms with Gasteiger partial charge in [0.2, 0.25) is 0 Å². The maximum Gasteiger partial charge on any atom is -0.00759 e. The van der Waals surface area contributed by atoms with Gasteiger partial charge in [-0.05, 0) is 145 Å². The topological polar surface area (TPSA) is 0 Å². The molecular formula is C57H44. The highest BCUT2D eigenvalue weighted by molar-refractivity contribution is 6.02. The molecule has 9 rings (SSSR count). The molecular weight excluding hydrogens is 685 g/mol. The van der Waals surface area contributed by atoms with Crippen LogP contribution in [0.15, 0.2) is 212 Å². The van der Waals surface area contributed by atoms with Crippen molar-refractivity contribution >= 4 is 0 Å². The van der Waals surface area contributed by atoms with Crippen LogP contribution in [-0.2, 0) is 0 Å². The Bertz CT molecular complexity index is 2840. The van der Waals surface area contributed by atoms with E-state index < -0.39 is 0 Å². The predicted octanol–water partition coefficient (Wildman–Crippen LogP) is 15.9. The molecule has 0 saturated carbocycles. The number of aryl methyl sites for hydroxylation is 3. The van der Waals surface area contributed by atoms with Crippen molar-refractivity contribution in [3.05, 3.63) is 229 Å². The van der Waals surface area contributed by atoms with Crippen LogP contribution in [0.25, 0.3) is 89.0 Å². The molecule has 9 aromatic rings. The average Bonchev–Trinajstić information content (AvgIpc) is 3.27. The van der Waals surface area contributed by atoms with Gasteiger partial charge in [-0.15, -0.1) is 0 Å². The van der Waals surface area contributed by atoms with Crippen LogP contribution in [0.5, 0.6) is 0 Å². The maximum absolute atomic E-state index is 2.48. The Morgan fingerprint density at radius 2 is 0.632 bits per heavy atom. The average molecular weight is 729 g/mol. The van der Waals surface area contributed by atoms with Crippen molar-refractivity contribution in [3.63, 3.8) is 0 Å². The fraction of sp³-hybridized carbons (Fsp3) is 0.0526. The van der Waals surface area contributed by atoms with Gasteiger partial charge in [-0.3, -0.25) is 0 Å². The Morgan fingerprint density at radius 1 is 0.211 bits per heavy atom. The second kappa shape index (κ2) is 15.6. The summed E-state index contributed by atoms with van der Waals surface area (Å²) >= 11 is 0. The van der Waals surface area contributed by atoms with Crippen LogP contribution >= 0.6 is 0 Å². The maximum atomic E-state index is 2.48. The zero-order chi connectivity index (χ0) is 38.7. The summed E-state index contributed by atoms with van der Waals surface area (Å²) in [6.45, 7) is 6.63. The summed E-state index contributed by atoms with van der Waals surface area (Å²) in [5.74, 6) is 0. The van der Waals surface area contributed by atoms with E-state index in [0.717, 1.165) is 0 Å². The molecule has 0 fully saturated rings. The molecule has 9 aromatic carbocycles. The van der Waals surface area contributed by atoms with Gasteiger partial charge < -0.3 is 0 Å². The Balaban J connectivity index is 1.36. The molecule has 0 aliphatic rings. The number of benzene rings is 9. The SMILES string of the molecule is Cc1ccc(-c2c(C)cccc2-c2cc(-c3cccc(-c4ccccc4)c3)c(-c3ccccc3-c3cccc(-c4ccccc4)c3)cc2-c2ccccc2C)cc1. The van der Waals surface area contributed by atoms with E-state index in [1.165, 1.54) is 106 Å². The molecule has 0 nitrogen and oxygen atoms in total. The van der Waals surface area contributed by atoms with Gasteiger partial charge in [-0.1, -0.05) is 194 Å². The van der Waals surface area contributed by atoms with Crippen LogP contribution in [-0.4, -0.2) is 0 Å². The summed E-state index contributed by atoms with van der Waals surface area (Å²) in [5, 5.41) is 0. The Hall–Kier alpha value is -7.02. The third-order valence-corrected chi connectivity index (χ3v) is 11.3. The summed E-state index contributed by atoms with van der Waals surface area (Å²) < 4.78 is 0. The highest BCUT2D eigenvalue weighted by Crippen LogP contribution is 2.48. The normalized spacial score (nSPS) is 11.1. The van der Waals surface area contributed by atoms with E-state index in [0.29, 0.717) is 0 Å². The van der Waals surface area contributed by atoms with Crippen molar-refractivity contribution in [1.82, 2.24) is 0 Å². The lowest BCUT2D eigenvalue weighted by Gasteiger charge is -2.23. The Morgan fingerprint density at radius 3 is 1.26 bits per heavy atom. The van der Waals surface area contributed by atoms with Gasteiger partial charge >= 0.3 is 0 Å². The van der Waals surface area contributed by atoms with Gasteiger partial charge in [-0.25, -0.2) is 0 Å². The summed E-state index contributed by atoms with van der Waals surface area (Å²) in [7, 11) is 0. The van der Waals surface area contributed by atoms with Crippen molar-refractivity contribution < 1.29 is 0 Å². The molecule has 0 amide bonds. The van der Waals surface area contributed by atoms with Crippen LogP contribution < -0.4 is 0 Å². The van der Waals surface area contributed by atoms with Crippen LogP contribution in [0.1, 0.15) is 16.7 Å². The molecule has 0 aromatic heterocycles. The van der Waals surface area contributed by atoms with Gasteiger partial charge in [0.05, 0.1) is 0 Å². The summed E-state index contributed by atoms with van der Waals surface area (Å²) in [4.78, 5) is 0. The van der Waals surface area contributed by atoms with E-state index in [2.05, 4.69) is 233 Å². The third-order valence-electron chi connectivity index (χ3n) is 11.3. The van der Waals surface area contributed by atoms with Crippen LogP contribution in [0.2, 0.25) is 0 Å². The second-order valence-corrected chi connectivity index (χ2v) is 15.1. The van der Waals surface area contributed by atoms with Gasteiger partial charge in [0.1, 0.15) is 0 Å². The molecule has 0 heterocycles. The Labute approximate surface area is 337 Å². The van der Waals surface area contributed by atoms with Crippen molar-refractivity contribution in [2.75, 3.05) is 0 Å². The molecule has 0 N–H and O–H groups in total. The smallest absolute Gasteiger partial charge is 0.00759 e. The lowest BCUT2D eigenvalue weighted by molar-refractivity contribution is 1.42. The summed E-state index contributed by atoms with van der Waals surface area (Å²) in [5.41, 5.74) is 23.2. The molecule has 0 bridgehead atoms. The standard InChI is InChI=1S/C57H44/c1-39-31-33-44(34-32-39)57-41(3)18-14-30-52(57)56-37-53(48-26-16-24-46(36-48)43-21-8-5-9-22-43)55(38-54(56)49-27-11-10-17-40(49)2)51-29-13-12-28-50(51)47-25-15-23-45(35-47)42-19-6-4-7-20-42/h4-38H,1-3H3. The molecule has 0 spiro atoms. The first kappa shape index (κ1) is 35.7. The number of hydrogen-bond acceptors (Lipinski definition) is 0. The van der Waals surface area contributed by atoms with Gasteiger partial charge in [0, 0.05) is 0 Å². The lowest BCUT2D eigenvalue weighted by atomic mass is 9.80. The fourth-order valence-electron chi connectivity index (χ4n) is 8.34. The lowest BCUT2D eigenvalue weighted by Crippen LogP contribution is -1.97. The first-order valence-electron chi connectivity index (χ1n) is 19.8. The van der Waals surface area contributed by atoms with E-state index in [9.17, 15) is 0 Å². The van der Waals surface area contributed by atoms with E-state index in [4.69, 9.17) is 0 Å². The minimum atomic E-state index is 1.18.